The lowest BCUT2D eigenvalue weighted by Crippen LogP contribution is -2.29. The highest BCUT2D eigenvalue weighted by Gasteiger charge is 2.38. The average Bonchev–Trinajstić information content (AvgIpc) is 2.86. The van der Waals surface area contributed by atoms with Crippen molar-refractivity contribution in [2.75, 3.05) is 5.32 Å². The van der Waals surface area contributed by atoms with Crippen molar-refractivity contribution in [3.63, 3.8) is 0 Å². The lowest BCUT2D eigenvalue weighted by molar-refractivity contribution is -0.167. The Bertz CT molecular complexity index is 792. The van der Waals surface area contributed by atoms with Crippen molar-refractivity contribution >= 4 is 22.6 Å². The van der Waals surface area contributed by atoms with Crippen LogP contribution in [-0.2, 0) is 17.6 Å². The molecule has 0 fully saturated rings. The fourth-order valence-electron chi connectivity index (χ4n) is 2.44. The van der Waals surface area contributed by atoms with Crippen LogP contribution in [0.5, 0.6) is 0 Å². The van der Waals surface area contributed by atoms with Gasteiger partial charge in [0.1, 0.15) is 11.3 Å². The number of anilines is 1. The van der Waals surface area contributed by atoms with Gasteiger partial charge in [-0.3, -0.25) is 9.59 Å². The van der Waals surface area contributed by atoms with E-state index < -0.39 is 12.1 Å². The molecule has 0 saturated heterocycles. The highest BCUT2D eigenvalue weighted by atomic mass is 19.4. The molecule has 1 aromatic carbocycles. The highest BCUT2D eigenvalue weighted by Crippen LogP contribution is 2.26. The van der Waals surface area contributed by atoms with Gasteiger partial charge in [-0.2, -0.15) is 13.2 Å². The maximum Gasteiger partial charge on any atom is 0.471 e. The van der Waals surface area contributed by atoms with E-state index in [1.54, 1.807) is 5.32 Å². The first-order chi connectivity index (χ1) is 9.86. The van der Waals surface area contributed by atoms with Crippen LogP contribution in [-0.4, -0.2) is 12.1 Å². The fraction of sp³-hybridized carbons (Fsp3) is 0.286. The maximum absolute atomic E-state index is 12.2. The number of carbonyl (C=O) groups excluding carboxylic acids is 1. The molecule has 3 rings (SSSR count). The molecule has 0 radical (unpaired) electrons. The summed E-state index contributed by atoms with van der Waals surface area (Å²) in [5.41, 5.74) is 0.596. The van der Waals surface area contributed by atoms with E-state index in [0.29, 0.717) is 29.6 Å². The first-order valence-corrected chi connectivity index (χ1v) is 6.33. The van der Waals surface area contributed by atoms with E-state index in [0.717, 1.165) is 6.42 Å². The van der Waals surface area contributed by atoms with Crippen LogP contribution in [0.15, 0.2) is 27.4 Å². The summed E-state index contributed by atoms with van der Waals surface area (Å²) in [6, 6.07) is 3.86. The van der Waals surface area contributed by atoms with Gasteiger partial charge in [0.2, 0.25) is 0 Å². The summed E-state index contributed by atoms with van der Waals surface area (Å²) in [7, 11) is 0. The Balaban J connectivity index is 2.03. The predicted molar refractivity (Wildman–Crippen MR) is 69.2 cm³/mol. The van der Waals surface area contributed by atoms with Crippen LogP contribution in [0.2, 0.25) is 0 Å². The molecule has 0 aliphatic heterocycles. The molecule has 1 amide bonds. The number of halogens is 3. The number of amides is 1. The van der Waals surface area contributed by atoms with E-state index in [-0.39, 0.29) is 16.7 Å². The molecule has 0 spiro atoms. The smallest absolute Gasteiger partial charge is 0.460 e. The van der Waals surface area contributed by atoms with E-state index in [4.69, 9.17) is 4.42 Å². The Hall–Kier alpha value is -2.31. The van der Waals surface area contributed by atoms with Crippen LogP contribution in [0, 0.1) is 0 Å². The lowest BCUT2D eigenvalue weighted by atomic mass is 10.1. The van der Waals surface area contributed by atoms with Gasteiger partial charge in [0.15, 0.2) is 5.43 Å². The van der Waals surface area contributed by atoms with Gasteiger partial charge in [-0.15, -0.1) is 0 Å². The molecule has 0 atom stereocenters. The number of hydrogen-bond acceptors (Lipinski definition) is 3. The summed E-state index contributed by atoms with van der Waals surface area (Å²) in [6.45, 7) is 0. The Labute approximate surface area is 116 Å². The monoisotopic (exact) mass is 297 g/mol. The SMILES string of the molecule is O=C(Nc1ccc2c(=O)c3c(oc2c1)CCC3)C(F)(F)F. The van der Waals surface area contributed by atoms with E-state index >= 15 is 0 Å². The summed E-state index contributed by atoms with van der Waals surface area (Å²) in [6.07, 6.45) is -2.85. The Kier molecular flexibility index (Phi) is 3.00. The Morgan fingerprint density at radius 1 is 1.24 bits per heavy atom. The molecule has 1 aliphatic carbocycles. The minimum absolute atomic E-state index is 0.0640. The Morgan fingerprint density at radius 3 is 2.71 bits per heavy atom. The standard InChI is InChI=1S/C14H10F3NO3/c15-14(16,17)13(20)18-7-4-5-9-11(6-7)21-10-3-1-2-8(10)12(9)19/h4-6H,1-3H2,(H,18,20). The van der Waals surface area contributed by atoms with Crippen LogP contribution in [0.4, 0.5) is 18.9 Å². The normalized spacial score (nSPS) is 14.2. The number of rotatable bonds is 1. The van der Waals surface area contributed by atoms with Crippen molar-refractivity contribution < 1.29 is 22.4 Å². The van der Waals surface area contributed by atoms with E-state index in [1.807, 2.05) is 0 Å². The minimum atomic E-state index is -4.96. The fourth-order valence-corrected chi connectivity index (χ4v) is 2.44. The van der Waals surface area contributed by atoms with Gasteiger partial charge in [-0.1, -0.05) is 0 Å². The van der Waals surface area contributed by atoms with Gasteiger partial charge in [-0.05, 0) is 25.0 Å². The molecular formula is C14H10F3NO3. The largest absolute Gasteiger partial charge is 0.471 e. The van der Waals surface area contributed by atoms with Gasteiger partial charge in [0.25, 0.3) is 0 Å². The minimum Gasteiger partial charge on any atom is -0.460 e. The maximum atomic E-state index is 12.2. The third-order valence-electron chi connectivity index (χ3n) is 3.42. The van der Waals surface area contributed by atoms with Crippen LogP contribution < -0.4 is 10.7 Å². The van der Waals surface area contributed by atoms with Crippen LogP contribution >= 0.6 is 0 Å². The molecular weight excluding hydrogens is 287 g/mol. The molecule has 1 aliphatic rings. The Morgan fingerprint density at radius 2 is 2.00 bits per heavy atom. The van der Waals surface area contributed by atoms with E-state index in [9.17, 15) is 22.8 Å². The third kappa shape index (κ3) is 2.39. The zero-order chi connectivity index (χ0) is 15.2. The molecule has 4 nitrogen and oxygen atoms in total. The van der Waals surface area contributed by atoms with Crippen LogP contribution in [0.1, 0.15) is 17.7 Å². The van der Waals surface area contributed by atoms with Crippen molar-refractivity contribution in [2.24, 2.45) is 0 Å². The summed E-state index contributed by atoms with van der Waals surface area (Å²) >= 11 is 0. The highest BCUT2D eigenvalue weighted by molar-refractivity contribution is 5.96. The molecule has 0 bridgehead atoms. The van der Waals surface area contributed by atoms with Gasteiger partial charge in [0.05, 0.1) is 5.39 Å². The summed E-state index contributed by atoms with van der Waals surface area (Å²) in [4.78, 5) is 23.1. The molecule has 1 N–H and O–H groups in total. The number of aryl methyl sites for hydroxylation is 1. The molecule has 0 saturated carbocycles. The number of benzene rings is 1. The molecule has 2 aromatic rings. The zero-order valence-electron chi connectivity index (χ0n) is 10.7. The molecule has 7 heteroatoms. The van der Waals surface area contributed by atoms with Gasteiger partial charge >= 0.3 is 12.1 Å². The zero-order valence-corrected chi connectivity index (χ0v) is 10.7. The molecule has 21 heavy (non-hydrogen) atoms. The summed E-state index contributed by atoms with van der Waals surface area (Å²) < 4.78 is 42.2. The first kappa shape index (κ1) is 13.7. The predicted octanol–water partition coefficient (Wildman–Crippen LogP) is 2.78. The van der Waals surface area contributed by atoms with Crippen molar-refractivity contribution in [1.82, 2.24) is 0 Å². The number of carbonyl (C=O) groups is 1. The van der Waals surface area contributed by atoms with Gasteiger partial charge in [0, 0.05) is 23.7 Å². The summed E-state index contributed by atoms with van der Waals surface area (Å²) in [5.74, 6) is -1.49. The van der Waals surface area contributed by atoms with E-state index in [1.165, 1.54) is 18.2 Å². The number of nitrogens with one attached hydrogen (secondary N) is 1. The second kappa shape index (κ2) is 4.61. The van der Waals surface area contributed by atoms with Crippen LogP contribution in [0.3, 0.4) is 0 Å². The topological polar surface area (TPSA) is 59.3 Å². The molecule has 1 aromatic heterocycles. The van der Waals surface area contributed by atoms with Crippen molar-refractivity contribution in [3.05, 3.63) is 39.7 Å². The van der Waals surface area contributed by atoms with Crippen molar-refractivity contribution in [2.45, 2.75) is 25.4 Å². The average molecular weight is 297 g/mol. The van der Waals surface area contributed by atoms with Gasteiger partial charge in [-0.25, -0.2) is 0 Å². The van der Waals surface area contributed by atoms with Crippen LogP contribution in [0.25, 0.3) is 11.0 Å². The first-order valence-electron chi connectivity index (χ1n) is 6.33. The third-order valence-corrected chi connectivity index (χ3v) is 3.42. The quantitative estimate of drug-likeness (QED) is 0.880. The molecule has 0 unspecified atom stereocenters. The summed E-state index contributed by atoms with van der Waals surface area (Å²) in [5, 5.41) is 2.04. The lowest BCUT2D eigenvalue weighted by Gasteiger charge is -2.09. The molecule has 110 valence electrons. The number of hydrogen-bond donors (Lipinski definition) is 1. The number of fused-ring (bicyclic) bond motifs is 2. The molecule has 1 heterocycles. The number of alkyl halides is 3. The van der Waals surface area contributed by atoms with E-state index in [2.05, 4.69) is 0 Å². The second-order valence-corrected chi connectivity index (χ2v) is 4.85. The van der Waals surface area contributed by atoms with Gasteiger partial charge < -0.3 is 9.73 Å². The second-order valence-electron chi connectivity index (χ2n) is 4.85. The van der Waals surface area contributed by atoms with Crippen molar-refractivity contribution in [1.29, 1.82) is 0 Å². The van der Waals surface area contributed by atoms with Crippen molar-refractivity contribution in [3.8, 4) is 0 Å².